The zero-order valence-corrected chi connectivity index (χ0v) is 16.5. The number of benzene rings is 2. The molecule has 0 atom stereocenters. The number of aromatic nitrogens is 1. The second-order valence-corrected chi connectivity index (χ2v) is 7.09. The molecule has 0 saturated carbocycles. The van der Waals surface area contributed by atoms with Gasteiger partial charge in [-0.1, -0.05) is 18.2 Å². The summed E-state index contributed by atoms with van der Waals surface area (Å²) in [6, 6.07) is 17.6. The van der Waals surface area contributed by atoms with Crippen molar-refractivity contribution in [2.75, 3.05) is 10.6 Å². The number of rotatable bonds is 7. The fraction of sp³-hybridized carbons (Fsp3) is 0.0455. The van der Waals surface area contributed by atoms with Gasteiger partial charge in [0.1, 0.15) is 12.4 Å². The number of anilines is 2. The van der Waals surface area contributed by atoms with Crippen LogP contribution in [0.5, 0.6) is 5.75 Å². The average molecular weight is 419 g/mol. The molecule has 0 unspecified atom stereocenters. The molecule has 0 saturated heterocycles. The highest BCUT2D eigenvalue weighted by Gasteiger charge is 2.16. The van der Waals surface area contributed by atoms with E-state index in [9.17, 15) is 9.59 Å². The van der Waals surface area contributed by atoms with Crippen LogP contribution in [-0.2, 0) is 6.61 Å². The molecule has 2 N–H and O–H groups in total. The summed E-state index contributed by atoms with van der Waals surface area (Å²) in [7, 11) is 0. The molecule has 0 spiro atoms. The normalized spacial score (nSPS) is 10.4. The van der Waals surface area contributed by atoms with Crippen LogP contribution < -0.4 is 15.4 Å². The van der Waals surface area contributed by atoms with E-state index in [-0.39, 0.29) is 18.3 Å². The summed E-state index contributed by atoms with van der Waals surface area (Å²) in [6.45, 7) is 0.207. The Bertz CT molecular complexity index is 1120. The fourth-order valence-electron chi connectivity index (χ4n) is 2.67. The van der Waals surface area contributed by atoms with E-state index in [2.05, 4.69) is 15.6 Å². The van der Waals surface area contributed by atoms with Gasteiger partial charge in [-0.3, -0.25) is 14.9 Å². The van der Waals surface area contributed by atoms with Crippen LogP contribution in [0.15, 0.2) is 82.9 Å². The Balaban J connectivity index is 1.37. The molecule has 0 radical (unpaired) electrons. The molecule has 0 fully saturated rings. The summed E-state index contributed by atoms with van der Waals surface area (Å²) in [6.07, 6.45) is 3.07. The van der Waals surface area contributed by atoms with Gasteiger partial charge >= 0.3 is 0 Å². The molecule has 30 heavy (non-hydrogen) atoms. The number of hydrogen-bond donors (Lipinski definition) is 2. The molecular formula is C22H17N3O4S. The number of para-hydroxylation sites is 1. The number of furan rings is 1. The first-order chi connectivity index (χ1) is 14.7. The molecule has 2 amide bonds. The van der Waals surface area contributed by atoms with Crippen molar-refractivity contribution in [3.05, 3.63) is 95.4 Å². The van der Waals surface area contributed by atoms with Crippen LogP contribution in [0.4, 0.5) is 10.8 Å². The van der Waals surface area contributed by atoms with Crippen molar-refractivity contribution in [1.29, 1.82) is 0 Å². The summed E-state index contributed by atoms with van der Waals surface area (Å²) in [5.41, 5.74) is 1.63. The predicted octanol–water partition coefficient (Wildman–Crippen LogP) is 4.82. The molecule has 4 aromatic rings. The first-order valence-electron chi connectivity index (χ1n) is 9.05. The van der Waals surface area contributed by atoms with Crippen LogP contribution >= 0.6 is 11.3 Å². The van der Waals surface area contributed by atoms with Crippen LogP contribution in [0.3, 0.4) is 0 Å². The van der Waals surface area contributed by atoms with Crippen molar-refractivity contribution in [1.82, 2.24) is 4.98 Å². The standard InChI is InChI=1S/C22H17N3O4S/c26-20(25-22-23-11-13-30-22)15-6-8-17(9-7-15)24-21(27)19-16(10-12-28-19)14-29-18-4-2-1-3-5-18/h1-13H,14H2,(H,24,27)(H,23,25,26). The predicted molar refractivity (Wildman–Crippen MR) is 114 cm³/mol. The minimum absolute atomic E-state index is 0.177. The van der Waals surface area contributed by atoms with Gasteiger partial charge in [-0.15, -0.1) is 11.3 Å². The van der Waals surface area contributed by atoms with Gasteiger partial charge in [0.2, 0.25) is 0 Å². The van der Waals surface area contributed by atoms with Gasteiger partial charge in [0.25, 0.3) is 11.8 Å². The molecule has 7 nitrogen and oxygen atoms in total. The van der Waals surface area contributed by atoms with Gasteiger partial charge in [0, 0.05) is 28.4 Å². The van der Waals surface area contributed by atoms with E-state index in [1.807, 2.05) is 30.3 Å². The van der Waals surface area contributed by atoms with Crippen LogP contribution in [0, 0.1) is 0 Å². The average Bonchev–Trinajstić information content (AvgIpc) is 3.45. The second kappa shape index (κ2) is 9.06. The number of thiazole rings is 1. The highest BCUT2D eigenvalue weighted by Crippen LogP contribution is 2.19. The third kappa shape index (κ3) is 4.73. The first-order valence-corrected chi connectivity index (χ1v) is 9.93. The van der Waals surface area contributed by atoms with E-state index >= 15 is 0 Å². The van der Waals surface area contributed by atoms with Crippen molar-refractivity contribution < 1.29 is 18.7 Å². The first kappa shape index (κ1) is 19.4. The van der Waals surface area contributed by atoms with E-state index < -0.39 is 5.91 Å². The SMILES string of the molecule is O=C(Nc1nccs1)c1ccc(NC(=O)c2occc2COc2ccccc2)cc1. The minimum Gasteiger partial charge on any atom is -0.489 e. The molecule has 0 aliphatic heterocycles. The van der Waals surface area contributed by atoms with Crippen LogP contribution in [0.25, 0.3) is 0 Å². The molecule has 2 aromatic heterocycles. The Morgan fingerprint density at radius 3 is 2.50 bits per heavy atom. The summed E-state index contributed by atoms with van der Waals surface area (Å²) >= 11 is 1.34. The minimum atomic E-state index is -0.397. The highest BCUT2D eigenvalue weighted by molar-refractivity contribution is 7.13. The maximum Gasteiger partial charge on any atom is 0.291 e. The van der Waals surface area contributed by atoms with Gasteiger partial charge in [0.05, 0.1) is 6.26 Å². The van der Waals surface area contributed by atoms with Crippen molar-refractivity contribution >= 4 is 34.0 Å². The Morgan fingerprint density at radius 1 is 0.967 bits per heavy atom. The van der Waals surface area contributed by atoms with Crippen molar-refractivity contribution in [2.24, 2.45) is 0 Å². The van der Waals surface area contributed by atoms with E-state index in [4.69, 9.17) is 9.15 Å². The van der Waals surface area contributed by atoms with Gasteiger partial charge in [0.15, 0.2) is 10.9 Å². The molecule has 0 aliphatic carbocycles. The molecule has 150 valence electrons. The lowest BCUT2D eigenvalue weighted by molar-refractivity contribution is 0.0992. The van der Waals surface area contributed by atoms with E-state index in [1.165, 1.54) is 17.6 Å². The molecular weight excluding hydrogens is 402 g/mol. The van der Waals surface area contributed by atoms with Crippen LogP contribution in [0.2, 0.25) is 0 Å². The number of carbonyl (C=O) groups excluding carboxylic acids is 2. The summed E-state index contributed by atoms with van der Waals surface area (Å²) in [4.78, 5) is 28.8. The molecule has 4 rings (SSSR count). The summed E-state index contributed by atoms with van der Waals surface area (Å²) < 4.78 is 11.0. The molecule has 8 heteroatoms. The summed E-state index contributed by atoms with van der Waals surface area (Å²) in [5.74, 6) is 0.217. The third-order valence-electron chi connectivity index (χ3n) is 4.15. The lowest BCUT2D eigenvalue weighted by Crippen LogP contribution is -2.14. The number of nitrogens with one attached hydrogen (secondary N) is 2. The Kier molecular flexibility index (Phi) is 5.86. The number of nitrogens with zero attached hydrogens (tertiary/aromatic N) is 1. The van der Waals surface area contributed by atoms with Gasteiger partial charge in [-0.2, -0.15) is 0 Å². The van der Waals surface area contributed by atoms with Crippen molar-refractivity contribution in [3.8, 4) is 5.75 Å². The molecule has 2 aromatic carbocycles. The smallest absolute Gasteiger partial charge is 0.291 e. The number of ether oxygens (including phenoxy) is 1. The van der Waals surface area contributed by atoms with E-state index in [0.717, 1.165) is 0 Å². The fourth-order valence-corrected chi connectivity index (χ4v) is 3.20. The Labute approximate surface area is 176 Å². The van der Waals surface area contributed by atoms with E-state index in [0.29, 0.717) is 27.7 Å². The van der Waals surface area contributed by atoms with Crippen molar-refractivity contribution in [3.63, 3.8) is 0 Å². The lowest BCUT2D eigenvalue weighted by Gasteiger charge is -2.08. The number of carbonyl (C=O) groups is 2. The Hall–Kier alpha value is -3.91. The topological polar surface area (TPSA) is 93.5 Å². The maximum atomic E-state index is 12.6. The molecule has 0 bridgehead atoms. The highest BCUT2D eigenvalue weighted by atomic mass is 32.1. The second-order valence-electron chi connectivity index (χ2n) is 6.20. The van der Waals surface area contributed by atoms with E-state index in [1.54, 1.807) is 41.9 Å². The summed E-state index contributed by atoms with van der Waals surface area (Å²) in [5, 5.41) is 7.78. The number of hydrogen-bond acceptors (Lipinski definition) is 6. The van der Waals surface area contributed by atoms with Crippen molar-refractivity contribution in [2.45, 2.75) is 6.61 Å². The molecule has 2 heterocycles. The quantitative estimate of drug-likeness (QED) is 0.448. The monoisotopic (exact) mass is 419 g/mol. The zero-order valence-electron chi connectivity index (χ0n) is 15.7. The van der Waals surface area contributed by atoms with Crippen LogP contribution in [0.1, 0.15) is 26.5 Å². The van der Waals surface area contributed by atoms with Crippen LogP contribution in [-0.4, -0.2) is 16.8 Å². The Morgan fingerprint density at radius 2 is 1.77 bits per heavy atom. The maximum absolute atomic E-state index is 12.6. The van der Waals surface area contributed by atoms with Gasteiger partial charge in [-0.05, 0) is 42.5 Å². The largest absolute Gasteiger partial charge is 0.489 e. The lowest BCUT2D eigenvalue weighted by atomic mass is 10.2. The van der Waals surface area contributed by atoms with Gasteiger partial charge in [-0.25, -0.2) is 4.98 Å². The van der Waals surface area contributed by atoms with Gasteiger partial charge < -0.3 is 14.5 Å². The zero-order chi connectivity index (χ0) is 20.8. The molecule has 0 aliphatic rings. The number of amides is 2. The third-order valence-corrected chi connectivity index (χ3v) is 4.84.